The Morgan fingerprint density at radius 3 is 2.65 bits per heavy atom. The van der Waals surface area contributed by atoms with Gasteiger partial charge >= 0.3 is 5.97 Å². The van der Waals surface area contributed by atoms with Crippen molar-refractivity contribution in [3.8, 4) is 0 Å². The van der Waals surface area contributed by atoms with Gasteiger partial charge in [0.1, 0.15) is 5.65 Å². The van der Waals surface area contributed by atoms with Crippen molar-refractivity contribution in [3.63, 3.8) is 0 Å². The molecule has 0 atom stereocenters. The van der Waals surface area contributed by atoms with Crippen LogP contribution < -0.4 is 5.32 Å². The van der Waals surface area contributed by atoms with E-state index >= 15 is 0 Å². The molecule has 3 rings (SSSR count). The van der Waals surface area contributed by atoms with Crippen LogP contribution in [0.2, 0.25) is 5.02 Å². The van der Waals surface area contributed by atoms with Gasteiger partial charge in [0.05, 0.1) is 0 Å². The number of halogens is 1. The average molecular weight is 288 g/mol. The Bertz CT molecular complexity index is 781. The molecule has 0 unspecified atom stereocenters. The van der Waals surface area contributed by atoms with Crippen molar-refractivity contribution in [1.29, 1.82) is 0 Å². The largest absolute Gasteiger partial charge is 0.476 e. The van der Waals surface area contributed by atoms with Crippen molar-refractivity contribution >= 4 is 34.7 Å². The van der Waals surface area contributed by atoms with Gasteiger partial charge in [0.15, 0.2) is 11.5 Å². The highest BCUT2D eigenvalue weighted by Crippen LogP contribution is 2.23. The highest BCUT2D eigenvalue weighted by atomic mass is 35.5. The van der Waals surface area contributed by atoms with E-state index in [2.05, 4.69) is 10.3 Å². The van der Waals surface area contributed by atoms with Crippen LogP contribution in [0.25, 0.3) is 5.65 Å². The van der Waals surface area contributed by atoms with Crippen LogP contribution in [0.5, 0.6) is 0 Å². The van der Waals surface area contributed by atoms with Crippen LogP contribution in [0.1, 0.15) is 10.5 Å². The topological polar surface area (TPSA) is 66.6 Å². The summed E-state index contributed by atoms with van der Waals surface area (Å²) in [6.45, 7) is 0. The van der Waals surface area contributed by atoms with Gasteiger partial charge in [-0.05, 0) is 36.4 Å². The fourth-order valence-corrected chi connectivity index (χ4v) is 2.08. The van der Waals surface area contributed by atoms with Crippen molar-refractivity contribution in [2.24, 2.45) is 0 Å². The Morgan fingerprint density at radius 2 is 1.95 bits per heavy atom. The Morgan fingerprint density at radius 1 is 1.20 bits per heavy atom. The SMILES string of the molecule is O=C(O)c1c(Nc2ccc(Cl)cc2)nc2ccccn12. The Hall–Kier alpha value is -2.53. The maximum Gasteiger partial charge on any atom is 0.356 e. The Labute approximate surface area is 119 Å². The molecule has 2 N–H and O–H groups in total. The standard InChI is InChI=1S/C14H10ClN3O2/c15-9-4-6-10(7-5-9)16-13-12(14(19)20)18-8-2-1-3-11(18)17-13/h1-8,16H,(H,19,20). The van der Waals surface area contributed by atoms with Crippen LogP contribution in [0.3, 0.4) is 0 Å². The second-order valence-electron chi connectivity index (χ2n) is 4.17. The second-order valence-corrected chi connectivity index (χ2v) is 4.61. The summed E-state index contributed by atoms with van der Waals surface area (Å²) in [6.07, 6.45) is 1.67. The quantitative estimate of drug-likeness (QED) is 0.774. The summed E-state index contributed by atoms with van der Waals surface area (Å²) >= 11 is 5.82. The molecular weight excluding hydrogens is 278 g/mol. The van der Waals surface area contributed by atoms with Gasteiger partial charge in [-0.25, -0.2) is 9.78 Å². The number of carboxylic acids is 1. The lowest BCUT2D eigenvalue weighted by Gasteiger charge is -2.04. The van der Waals surface area contributed by atoms with Crippen molar-refractivity contribution < 1.29 is 9.90 Å². The monoisotopic (exact) mass is 287 g/mol. The maximum atomic E-state index is 11.4. The Kier molecular flexibility index (Phi) is 3.04. The molecule has 100 valence electrons. The maximum absolute atomic E-state index is 11.4. The van der Waals surface area contributed by atoms with Gasteiger partial charge < -0.3 is 10.4 Å². The van der Waals surface area contributed by atoms with Gasteiger partial charge in [0.2, 0.25) is 0 Å². The first-order chi connectivity index (χ1) is 9.65. The fraction of sp³-hybridized carbons (Fsp3) is 0. The van der Waals surface area contributed by atoms with E-state index in [-0.39, 0.29) is 5.69 Å². The van der Waals surface area contributed by atoms with Crippen molar-refractivity contribution in [1.82, 2.24) is 9.38 Å². The molecular formula is C14H10ClN3O2. The summed E-state index contributed by atoms with van der Waals surface area (Å²) in [5, 5.41) is 13.0. The molecule has 3 aromatic rings. The van der Waals surface area contributed by atoms with Crippen LogP contribution in [0.15, 0.2) is 48.7 Å². The molecule has 0 aliphatic rings. The summed E-state index contributed by atoms with van der Waals surface area (Å²) in [5.41, 5.74) is 1.39. The summed E-state index contributed by atoms with van der Waals surface area (Å²) in [5.74, 6) is -0.744. The van der Waals surface area contributed by atoms with E-state index in [9.17, 15) is 9.90 Å². The molecule has 20 heavy (non-hydrogen) atoms. The van der Waals surface area contributed by atoms with E-state index in [0.29, 0.717) is 16.5 Å². The summed E-state index contributed by atoms with van der Waals surface area (Å²) < 4.78 is 1.53. The predicted octanol–water partition coefficient (Wildman–Crippen LogP) is 3.43. The summed E-state index contributed by atoms with van der Waals surface area (Å²) in [7, 11) is 0. The number of hydrogen-bond donors (Lipinski definition) is 2. The molecule has 1 aromatic carbocycles. The lowest BCUT2D eigenvalue weighted by molar-refractivity contribution is 0.0690. The minimum Gasteiger partial charge on any atom is -0.476 e. The molecule has 0 spiro atoms. The third kappa shape index (κ3) is 2.19. The number of carboxylic acid groups (broad SMARTS) is 1. The molecule has 0 aliphatic heterocycles. The lowest BCUT2D eigenvalue weighted by Crippen LogP contribution is -2.05. The number of rotatable bonds is 3. The van der Waals surface area contributed by atoms with E-state index in [1.165, 1.54) is 4.40 Å². The summed E-state index contributed by atoms with van der Waals surface area (Å²) in [6, 6.07) is 12.3. The van der Waals surface area contributed by atoms with E-state index in [4.69, 9.17) is 11.6 Å². The number of aromatic carboxylic acids is 1. The molecule has 0 aliphatic carbocycles. The first-order valence-corrected chi connectivity index (χ1v) is 6.26. The first kappa shape index (κ1) is 12.5. The number of anilines is 2. The zero-order valence-corrected chi connectivity index (χ0v) is 11.0. The van der Waals surface area contributed by atoms with Crippen LogP contribution in [0, 0.1) is 0 Å². The minimum atomic E-state index is -1.04. The number of carbonyl (C=O) groups is 1. The molecule has 2 aromatic heterocycles. The van der Waals surface area contributed by atoms with E-state index in [1.807, 2.05) is 0 Å². The van der Waals surface area contributed by atoms with Crippen LogP contribution >= 0.6 is 11.6 Å². The lowest BCUT2D eigenvalue weighted by atomic mass is 10.3. The second kappa shape index (κ2) is 4.86. The number of fused-ring (bicyclic) bond motifs is 1. The van der Waals surface area contributed by atoms with Crippen LogP contribution in [0.4, 0.5) is 11.5 Å². The van der Waals surface area contributed by atoms with Gasteiger partial charge in [-0.3, -0.25) is 4.40 Å². The van der Waals surface area contributed by atoms with E-state index in [0.717, 1.165) is 5.69 Å². The van der Waals surface area contributed by atoms with Crippen LogP contribution in [-0.2, 0) is 0 Å². The normalized spacial score (nSPS) is 10.7. The van der Waals surface area contributed by atoms with Gasteiger partial charge in [0, 0.05) is 16.9 Å². The molecule has 0 saturated carbocycles. The van der Waals surface area contributed by atoms with Crippen LogP contribution in [-0.4, -0.2) is 20.5 Å². The molecule has 2 heterocycles. The Balaban J connectivity index is 2.08. The molecule has 0 bridgehead atoms. The fourth-order valence-electron chi connectivity index (χ4n) is 1.96. The zero-order chi connectivity index (χ0) is 14.1. The first-order valence-electron chi connectivity index (χ1n) is 5.88. The predicted molar refractivity (Wildman–Crippen MR) is 76.9 cm³/mol. The molecule has 6 heteroatoms. The molecule has 0 fully saturated rings. The number of benzene rings is 1. The van der Waals surface area contributed by atoms with Crippen molar-refractivity contribution in [2.75, 3.05) is 5.32 Å². The van der Waals surface area contributed by atoms with Crippen molar-refractivity contribution in [2.45, 2.75) is 0 Å². The van der Waals surface area contributed by atoms with Gasteiger partial charge in [-0.15, -0.1) is 0 Å². The number of aromatic nitrogens is 2. The number of imidazole rings is 1. The van der Waals surface area contributed by atoms with Crippen molar-refractivity contribution in [3.05, 3.63) is 59.4 Å². The molecule has 5 nitrogen and oxygen atoms in total. The molecule has 0 amide bonds. The van der Waals surface area contributed by atoms with E-state index < -0.39 is 5.97 Å². The van der Waals surface area contributed by atoms with Gasteiger partial charge in [-0.2, -0.15) is 0 Å². The number of hydrogen-bond acceptors (Lipinski definition) is 3. The average Bonchev–Trinajstić information content (AvgIpc) is 2.79. The zero-order valence-electron chi connectivity index (χ0n) is 10.2. The number of nitrogens with zero attached hydrogens (tertiary/aromatic N) is 2. The third-order valence-corrected chi connectivity index (χ3v) is 3.09. The van der Waals surface area contributed by atoms with Gasteiger partial charge in [-0.1, -0.05) is 17.7 Å². The smallest absolute Gasteiger partial charge is 0.356 e. The van der Waals surface area contributed by atoms with Gasteiger partial charge in [0.25, 0.3) is 0 Å². The summed E-state index contributed by atoms with van der Waals surface area (Å²) in [4.78, 5) is 15.7. The van der Waals surface area contributed by atoms with E-state index in [1.54, 1.807) is 48.7 Å². The highest BCUT2D eigenvalue weighted by molar-refractivity contribution is 6.30. The minimum absolute atomic E-state index is 0.0931. The molecule has 0 radical (unpaired) electrons. The number of nitrogens with one attached hydrogen (secondary N) is 1. The molecule has 0 saturated heterocycles. The third-order valence-electron chi connectivity index (χ3n) is 2.84. The highest BCUT2D eigenvalue weighted by Gasteiger charge is 2.18. The number of pyridine rings is 1.